The monoisotopic (exact) mass is 321 g/mol. The second-order valence-corrected chi connectivity index (χ2v) is 6.10. The Morgan fingerprint density at radius 2 is 1.86 bits per heavy atom. The Bertz CT molecular complexity index is 569. The molecule has 0 saturated heterocycles. The van der Waals surface area contributed by atoms with Gasteiger partial charge in [-0.2, -0.15) is 0 Å². The van der Waals surface area contributed by atoms with Crippen molar-refractivity contribution in [2.75, 3.05) is 13.1 Å². The predicted octanol–water partition coefficient (Wildman–Crippen LogP) is 5.32. The second-order valence-electron chi connectivity index (χ2n) is 5.26. The van der Waals surface area contributed by atoms with E-state index in [0.29, 0.717) is 5.92 Å². The highest BCUT2D eigenvalue weighted by atomic mass is 35.5. The maximum absolute atomic E-state index is 6.38. The molecule has 1 N–H and O–H groups in total. The third kappa shape index (κ3) is 5.03. The minimum atomic E-state index is 0.351. The molecule has 0 aliphatic carbocycles. The number of halogens is 2. The number of hydrogen-bond acceptors (Lipinski definition) is 1. The Labute approximate surface area is 137 Å². The van der Waals surface area contributed by atoms with Crippen LogP contribution in [-0.4, -0.2) is 13.1 Å². The molecule has 2 aromatic carbocycles. The molecule has 0 bridgehead atoms. The fourth-order valence-corrected chi connectivity index (χ4v) is 3.00. The topological polar surface area (TPSA) is 12.0 Å². The van der Waals surface area contributed by atoms with E-state index in [-0.39, 0.29) is 0 Å². The molecule has 0 fully saturated rings. The van der Waals surface area contributed by atoms with E-state index < -0.39 is 0 Å². The first-order chi connectivity index (χ1) is 10.2. The molecule has 1 nitrogen and oxygen atoms in total. The van der Waals surface area contributed by atoms with Gasteiger partial charge in [0.2, 0.25) is 0 Å². The maximum atomic E-state index is 6.38. The Morgan fingerprint density at radius 1 is 1.05 bits per heavy atom. The smallest absolute Gasteiger partial charge is 0.0441 e. The molecule has 1 unspecified atom stereocenters. The van der Waals surface area contributed by atoms with Crippen molar-refractivity contribution >= 4 is 23.2 Å². The second kappa shape index (κ2) is 8.43. The van der Waals surface area contributed by atoms with Crippen molar-refractivity contribution < 1.29 is 0 Å². The summed E-state index contributed by atoms with van der Waals surface area (Å²) in [6.45, 7) is 4.12. The van der Waals surface area contributed by atoms with Gasteiger partial charge in [0, 0.05) is 22.5 Å². The van der Waals surface area contributed by atoms with Crippen LogP contribution in [0, 0.1) is 0 Å². The molecule has 0 radical (unpaired) electrons. The first-order valence-corrected chi connectivity index (χ1v) is 8.16. The molecule has 2 rings (SSSR count). The van der Waals surface area contributed by atoms with Crippen LogP contribution in [-0.2, 0) is 6.42 Å². The molecule has 0 aromatic heterocycles. The van der Waals surface area contributed by atoms with Crippen molar-refractivity contribution in [1.82, 2.24) is 5.32 Å². The summed E-state index contributed by atoms with van der Waals surface area (Å²) in [5.74, 6) is 0.351. The van der Waals surface area contributed by atoms with Gasteiger partial charge in [0.05, 0.1) is 0 Å². The van der Waals surface area contributed by atoms with Crippen molar-refractivity contribution in [3.63, 3.8) is 0 Å². The van der Waals surface area contributed by atoms with Gasteiger partial charge >= 0.3 is 0 Å². The van der Waals surface area contributed by atoms with E-state index in [0.717, 1.165) is 36.0 Å². The lowest BCUT2D eigenvalue weighted by Crippen LogP contribution is -2.24. The predicted molar refractivity (Wildman–Crippen MR) is 92.5 cm³/mol. The Kier molecular flexibility index (Phi) is 6.56. The van der Waals surface area contributed by atoms with Crippen LogP contribution < -0.4 is 5.32 Å². The van der Waals surface area contributed by atoms with Crippen molar-refractivity contribution in [3.05, 3.63) is 69.7 Å². The Morgan fingerprint density at radius 3 is 2.57 bits per heavy atom. The molecule has 112 valence electrons. The standard InChI is InChI=1S/C18H21Cl2N/c1-2-10-21-13-15(17-8-3-4-9-18(17)20)11-14-6-5-7-16(19)12-14/h3-9,12,15,21H,2,10-11,13H2,1H3. The summed E-state index contributed by atoms with van der Waals surface area (Å²) < 4.78 is 0. The summed E-state index contributed by atoms with van der Waals surface area (Å²) in [5, 5.41) is 5.12. The quantitative estimate of drug-likeness (QED) is 0.680. The molecular formula is C18H21Cl2N. The van der Waals surface area contributed by atoms with Crippen LogP contribution in [0.2, 0.25) is 10.0 Å². The zero-order valence-corrected chi connectivity index (χ0v) is 13.8. The zero-order valence-electron chi connectivity index (χ0n) is 12.3. The average Bonchev–Trinajstić information content (AvgIpc) is 2.47. The third-order valence-corrected chi connectivity index (χ3v) is 4.11. The fraction of sp³-hybridized carbons (Fsp3) is 0.333. The Hall–Kier alpha value is -1.02. The molecule has 0 amide bonds. The summed E-state index contributed by atoms with van der Waals surface area (Å²) in [6, 6.07) is 16.2. The summed E-state index contributed by atoms with van der Waals surface area (Å²) in [6.07, 6.45) is 2.06. The van der Waals surface area contributed by atoms with Crippen LogP contribution in [0.3, 0.4) is 0 Å². The van der Waals surface area contributed by atoms with Gasteiger partial charge in [-0.3, -0.25) is 0 Å². The van der Waals surface area contributed by atoms with Crippen LogP contribution in [0.15, 0.2) is 48.5 Å². The zero-order chi connectivity index (χ0) is 15.1. The third-order valence-electron chi connectivity index (χ3n) is 3.53. The largest absolute Gasteiger partial charge is 0.316 e. The first-order valence-electron chi connectivity index (χ1n) is 7.40. The molecule has 3 heteroatoms. The lowest BCUT2D eigenvalue weighted by atomic mass is 9.91. The van der Waals surface area contributed by atoms with Crippen LogP contribution in [0.25, 0.3) is 0 Å². The minimum absolute atomic E-state index is 0.351. The van der Waals surface area contributed by atoms with Gasteiger partial charge in [0.25, 0.3) is 0 Å². The summed E-state index contributed by atoms with van der Waals surface area (Å²) in [7, 11) is 0. The van der Waals surface area contributed by atoms with Crippen LogP contribution in [0.4, 0.5) is 0 Å². The molecule has 0 aliphatic heterocycles. The lowest BCUT2D eigenvalue weighted by Gasteiger charge is -2.19. The average molecular weight is 322 g/mol. The van der Waals surface area contributed by atoms with Gasteiger partial charge in [-0.05, 0) is 48.7 Å². The normalized spacial score (nSPS) is 12.3. The summed E-state index contributed by atoms with van der Waals surface area (Å²) in [4.78, 5) is 0. The molecule has 0 aliphatic rings. The van der Waals surface area contributed by atoms with E-state index in [1.165, 1.54) is 11.1 Å². The van der Waals surface area contributed by atoms with E-state index in [1.807, 2.05) is 36.4 Å². The number of benzene rings is 2. The lowest BCUT2D eigenvalue weighted by molar-refractivity contribution is 0.577. The van der Waals surface area contributed by atoms with E-state index in [4.69, 9.17) is 23.2 Å². The van der Waals surface area contributed by atoms with Crippen molar-refractivity contribution in [3.8, 4) is 0 Å². The molecule has 0 saturated carbocycles. The van der Waals surface area contributed by atoms with Crippen LogP contribution in [0.1, 0.15) is 30.4 Å². The van der Waals surface area contributed by atoms with E-state index in [9.17, 15) is 0 Å². The van der Waals surface area contributed by atoms with Crippen LogP contribution in [0.5, 0.6) is 0 Å². The SMILES string of the molecule is CCCNCC(Cc1cccc(Cl)c1)c1ccccc1Cl. The Balaban J connectivity index is 2.17. The molecule has 2 aromatic rings. The van der Waals surface area contributed by atoms with Crippen molar-refractivity contribution in [1.29, 1.82) is 0 Å². The van der Waals surface area contributed by atoms with Crippen molar-refractivity contribution in [2.45, 2.75) is 25.7 Å². The van der Waals surface area contributed by atoms with Crippen LogP contribution >= 0.6 is 23.2 Å². The maximum Gasteiger partial charge on any atom is 0.0441 e. The molecular weight excluding hydrogens is 301 g/mol. The molecule has 21 heavy (non-hydrogen) atoms. The highest BCUT2D eigenvalue weighted by Gasteiger charge is 2.15. The van der Waals surface area contributed by atoms with Gasteiger partial charge in [-0.25, -0.2) is 0 Å². The highest BCUT2D eigenvalue weighted by Crippen LogP contribution is 2.27. The summed E-state index contributed by atoms with van der Waals surface area (Å²) >= 11 is 12.5. The molecule has 1 atom stereocenters. The number of hydrogen-bond donors (Lipinski definition) is 1. The van der Waals surface area contributed by atoms with E-state index >= 15 is 0 Å². The van der Waals surface area contributed by atoms with Gasteiger partial charge in [0.1, 0.15) is 0 Å². The molecule has 0 spiro atoms. The van der Waals surface area contributed by atoms with E-state index in [2.05, 4.69) is 24.4 Å². The number of rotatable bonds is 7. The highest BCUT2D eigenvalue weighted by molar-refractivity contribution is 6.31. The number of nitrogens with one attached hydrogen (secondary N) is 1. The van der Waals surface area contributed by atoms with Gasteiger partial charge in [0.15, 0.2) is 0 Å². The van der Waals surface area contributed by atoms with Gasteiger partial charge in [-0.1, -0.05) is 60.5 Å². The molecule has 0 heterocycles. The summed E-state index contributed by atoms with van der Waals surface area (Å²) in [5.41, 5.74) is 2.44. The fourth-order valence-electron chi connectivity index (χ4n) is 2.50. The van der Waals surface area contributed by atoms with E-state index in [1.54, 1.807) is 0 Å². The first kappa shape index (κ1) is 16.4. The van der Waals surface area contributed by atoms with Gasteiger partial charge in [-0.15, -0.1) is 0 Å². The van der Waals surface area contributed by atoms with Gasteiger partial charge < -0.3 is 5.32 Å². The van der Waals surface area contributed by atoms with Crippen molar-refractivity contribution in [2.24, 2.45) is 0 Å². The minimum Gasteiger partial charge on any atom is -0.316 e.